The summed E-state index contributed by atoms with van der Waals surface area (Å²) >= 11 is 0. The molecular weight excluding hydrogens is 254 g/mol. The molecule has 0 unspecified atom stereocenters. The number of benzene rings is 2. The Balaban J connectivity index is 2.33. The lowest BCUT2D eigenvalue weighted by Gasteiger charge is -2.03. The minimum atomic E-state index is 0.204. The SMILES string of the molecule is Cc1coc2cc3oc(=NO)c4ccccc4c3cc12. The normalized spacial score (nSPS) is 12.8. The average Bonchev–Trinajstić information content (AvgIpc) is 2.85. The molecule has 0 saturated carbocycles. The fourth-order valence-electron chi connectivity index (χ4n) is 2.61. The van der Waals surface area contributed by atoms with Crippen molar-refractivity contribution in [1.29, 1.82) is 0 Å². The van der Waals surface area contributed by atoms with E-state index in [4.69, 9.17) is 14.0 Å². The fourth-order valence-corrected chi connectivity index (χ4v) is 2.61. The monoisotopic (exact) mass is 265 g/mol. The van der Waals surface area contributed by atoms with E-state index in [0.717, 1.165) is 32.7 Å². The van der Waals surface area contributed by atoms with Crippen LogP contribution in [0.25, 0.3) is 32.7 Å². The third-order valence-corrected chi connectivity index (χ3v) is 3.61. The molecule has 0 spiro atoms. The minimum absolute atomic E-state index is 0.204. The lowest BCUT2D eigenvalue weighted by molar-refractivity contribution is 0.279. The number of furan rings is 1. The third kappa shape index (κ3) is 1.39. The van der Waals surface area contributed by atoms with Crippen molar-refractivity contribution in [3.8, 4) is 0 Å². The number of nitrogens with zero attached hydrogens (tertiary/aromatic N) is 1. The second kappa shape index (κ2) is 3.87. The summed E-state index contributed by atoms with van der Waals surface area (Å²) in [7, 11) is 0. The fraction of sp³-hybridized carbons (Fsp3) is 0.0625. The van der Waals surface area contributed by atoms with Crippen LogP contribution in [-0.4, -0.2) is 5.21 Å². The van der Waals surface area contributed by atoms with Crippen molar-refractivity contribution in [3.63, 3.8) is 0 Å². The van der Waals surface area contributed by atoms with Gasteiger partial charge in [0.2, 0.25) is 0 Å². The van der Waals surface area contributed by atoms with Gasteiger partial charge in [-0.15, -0.1) is 0 Å². The Morgan fingerprint density at radius 3 is 2.55 bits per heavy atom. The molecule has 1 N–H and O–H groups in total. The van der Waals surface area contributed by atoms with E-state index in [-0.39, 0.29) is 5.55 Å². The molecule has 0 aliphatic carbocycles. The number of fused-ring (bicyclic) bond motifs is 4. The molecule has 2 heterocycles. The van der Waals surface area contributed by atoms with Crippen LogP contribution in [0.2, 0.25) is 0 Å². The maximum absolute atomic E-state index is 9.12. The van der Waals surface area contributed by atoms with Crippen LogP contribution in [0.1, 0.15) is 5.56 Å². The molecule has 0 radical (unpaired) electrons. The van der Waals surface area contributed by atoms with Gasteiger partial charge in [0.1, 0.15) is 11.2 Å². The van der Waals surface area contributed by atoms with Crippen LogP contribution in [-0.2, 0) is 0 Å². The van der Waals surface area contributed by atoms with Gasteiger partial charge in [0.25, 0.3) is 5.55 Å². The van der Waals surface area contributed by atoms with Crippen LogP contribution in [0, 0.1) is 6.92 Å². The van der Waals surface area contributed by atoms with Crippen molar-refractivity contribution in [3.05, 3.63) is 53.8 Å². The van der Waals surface area contributed by atoms with Gasteiger partial charge in [-0.1, -0.05) is 18.2 Å². The second-order valence-corrected chi connectivity index (χ2v) is 4.82. The Labute approximate surface area is 113 Å². The summed E-state index contributed by atoms with van der Waals surface area (Å²) < 4.78 is 11.2. The summed E-state index contributed by atoms with van der Waals surface area (Å²) in [5.74, 6) is 0. The van der Waals surface area contributed by atoms with Gasteiger partial charge in [-0.2, -0.15) is 0 Å². The van der Waals surface area contributed by atoms with Crippen LogP contribution < -0.4 is 5.55 Å². The first-order chi connectivity index (χ1) is 9.78. The van der Waals surface area contributed by atoms with Crippen molar-refractivity contribution in [2.45, 2.75) is 6.92 Å². The standard InChI is InChI=1S/C16H11NO3/c1-9-8-19-14-7-15-13(6-12(9)14)10-4-2-3-5-11(10)16(17-18)20-15/h2-8,18H,1H3. The predicted molar refractivity (Wildman–Crippen MR) is 75.6 cm³/mol. The van der Waals surface area contributed by atoms with Crippen molar-refractivity contribution in [1.82, 2.24) is 0 Å². The van der Waals surface area contributed by atoms with E-state index in [9.17, 15) is 0 Å². The molecule has 2 aromatic carbocycles. The van der Waals surface area contributed by atoms with Crippen molar-refractivity contribution in [2.24, 2.45) is 5.16 Å². The summed E-state index contributed by atoms with van der Waals surface area (Å²) in [5, 5.41) is 16.2. The lowest BCUT2D eigenvalue weighted by atomic mass is 10.1. The van der Waals surface area contributed by atoms with Gasteiger partial charge in [-0.05, 0) is 35.2 Å². The Morgan fingerprint density at radius 1 is 0.950 bits per heavy atom. The molecule has 0 fully saturated rings. The molecule has 0 saturated heterocycles. The van der Waals surface area contributed by atoms with Crippen molar-refractivity contribution < 1.29 is 14.0 Å². The first-order valence-electron chi connectivity index (χ1n) is 6.29. The van der Waals surface area contributed by atoms with E-state index >= 15 is 0 Å². The molecule has 4 rings (SSSR count). The number of rotatable bonds is 0. The highest BCUT2D eigenvalue weighted by molar-refractivity contribution is 6.08. The van der Waals surface area contributed by atoms with E-state index in [1.54, 1.807) is 6.26 Å². The van der Waals surface area contributed by atoms with Gasteiger partial charge in [-0.25, -0.2) is 0 Å². The largest absolute Gasteiger partial charge is 0.464 e. The zero-order valence-electron chi connectivity index (χ0n) is 10.8. The first kappa shape index (κ1) is 11.1. The van der Waals surface area contributed by atoms with E-state index in [0.29, 0.717) is 5.58 Å². The average molecular weight is 265 g/mol. The molecule has 0 atom stereocenters. The van der Waals surface area contributed by atoms with E-state index < -0.39 is 0 Å². The summed E-state index contributed by atoms with van der Waals surface area (Å²) in [6.45, 7) is 2.01. The highest BCUT2D eigenvalue weighted by atomic mass is 16.5. The Kier molecular flexibility index (Phi) is 2.15. The summed E-state index contributed by atoms with van der Waals surface area (Å²) in [6, 6.07) is 11.6. The molecule has 4 aromatic rings. The van der Waals surface area contributed by atoms with E-state index in [1.807, 2.05) is 37.3 Å². The molecule has 20 heavy (non-hydrogen) atoms. The molecule has 4 heteroatoms. The second-order valence-electron chi connectivity index (χ2n) is 4.82. The summed E-state index contributed by atoms with van der Waals surface area (Å²) in [4.78, 5) is 0. The summed E-state index contributed by atoms with van der Waals surface area (Å²) in [6.07, 6.45) is 1.73. The van der Waals surface area contributed by atoms with Gasteiger partial charge in [0.15, 0.2) is 0 Å². The van der Waals surface area contributed by atoms with E-state index in [1.165, 1.54) is 0 Å². The smallest absolute Gasteiger partial charge is 0.263 e. The molecule has 0 bridgehead atoms. The van der Waals surface area contributed by atoms with Crippen molar-refractivity contribution in [2.75, 3.05) is 0 Å². The molecule has 0 amide bonds. The quantitative estimate of drug-likeness (QED) is 0.298. The zero-order chi connectivity index (χ0) is 13.7. The summed E-state index contributed by atoms with van der Waals surface area (Å²) in [5.41, 5.74) is 2.69. The minimum Gasteiger partial charge on any atom is -0.464 e. The molecule has 0 aliphatic rings. The van der Waals surface area contributed by atoms with Gasteiger partial charge in [0.05, 0.1) is 6.26 Å². The number of hydrogen-bond donors (Lipinski definition) is 1. The molecule has 98 valence electrons. The van der Waals surface area contributed by atoms with Gasteiger partial charge in [0, 0.05) is 22.2 Å². The Morgan fingerprint density at radius 2 is 1.75 bits per heavy atom. The van der Waals surface area contributed by atoms with Crippen LogP contribution in [0.3, 0.4) is 0 Å². The highest BCUT2D eigenvalue weighted by Crippen LogP contribution is 2.29. The van der Waals surface area contributed by atoms with Crippen LogP contribution in [0.4, 0.5) is 0 Å². The Hall–Kier alpha value is -2.75. The maximum Gasteiger partial charge on any atom is 0.263 e. The van der Waals surface area contributed by atoms with Crippen LogP contribution in [0.15, 0.2) is 56.7 Å². The van der Waals surface area contributed by atoms with Crippen LogP contribution in [0.5, 0.6) is 0 Å². The molecule has 0 aliphatic heterocycles. The van der Waals surface area contributed by atoms with Crippen molar-refractivity contribution >= 4 is 32.7 Å². The third-order valence-electron chi connectivity index (χ3n) is 3.61. The van der Waals surface area contributed by atoms with Gasteiger partial charge in [-0.3, -0.25) is 0 Å². The van der Waals surface area contributed by atoms with Gasteiger partial charge < -0.3 is 14.0 Å². The molecule has 4 nitrogen and oxygen atoms in total. The van der Waals surface area contributed by atoms with Crippen LogP contribution >= 0.6 is 0 Å². The predicted octanol–water partition coefficient (Wildman–Crippen LogP) is 3.93. The molecule has 2 aromatic heterocycles. The molecular formula is C16H11NO3. The lowest BCUT2D eigenvalue weighted by Crippen LogP contribution is -2.02. The zero-order valence-corrected chi connectivity index (χ0v) is 10.8. The highest BCUT2D eigenvalue weighted by Gasteiger charge is 2.10. The van der Waals surface area contributed by atoms with E-state index in [2.05, 4.69) is 11.2 Å². The number of aryl methyl sites for hydroxylation is 1. The maximum atomic E-state index is 9.12. The Bertz CT molecular complexity index is 1020. The number of hydrogen-bond acceptors (Lipinski definition) is 4. The first-order valence-corrected chi connectivity index (χ1v) is 6.29. The topological polar surface area (TPSA) is 58.9 Å². The van der Waals surface area contributed by atoms with Gasteiger partial charge >= 0.3 is 0 Å².